The Bertz CT molecular complexity index is 1120. The molecule has 0 saturated carbocycles. The summed E-state index contributed by atoms with van der Waals surface area (Å²) < 4.78 is 6.90. The summed E-state index contributed by atoms with van der Waals surface area (Å²) in [5, 5.41) is 7.61. The van der Waals surface area contributed by atoms with Crippen LogP contribution in [0.3, 0.4) is 0 Å². The molecule has 3 aromatic rings. The van der Waals surface area contributed by atoms with Crippen LogP contribution in [-0.4, -0.2) is 21.8 Å². The standard InChI is InChI=1S/C22H22ClN3O3/c1-13-5-6-14(2)18(11-13)24-22(28)16(4)29-20-9-10-21(27)26(25-20)19-12-17(23)8-7-15(19)3/h5-12,16H,1-4H3,(H,24,28)/t16-/m1/s1. The van der Waals surface area contributed by atoms with Crippen molar-refractivity contribution < 1.29 is 9.53 Å². The number of aryl methyl sites for hydroxylation is 3. The van der Waals surface area contributed by atoms with Crippen LogP contribution in [0.5, 0.6) is 5.88 Å². The van der Waals surface area contributed by atoms with Crippen molar-refractivity contribution in [3.05, 3.63) is 80.6 Å². The number of aromatic nitrogens is 2. The summed E-state index contributed by atoms with van der Waals surface area (Å²) in [5.74, 6) is -0.148. The van der Waals surface area contributed by atoms with Gasteiger partial charge in [0.15, 0.2) is 6.10 Å². The molecule has 0 unspecified atom stereocenters. The fourth-order valence-corrected chi connectivity index (χ4v) is 2.95. The molecule has 0 spiro atoms. The Labute approximate surface area is 174 Å². The largest absolute Gasteiger partial charge is 0.463 e. The van der Waals surface area contributed by atoms with Crippen molar-refractivity contribution in [1.82, 2.24) is 9.78 Å². The molecule has 0 aliphatic carbocycles. The fourth-order valence-electron chi connectivity index (χ4n) is 2.78. The van der Waals surface area contributed by atoms with Gasteiger partial charge in [-0.05, 0) is 62.6 Å². The van der Waals surface area contributed by atoms with Crippen LogP contribution in [0.1, 0.15) is 23.6 Å². The Morgan fingerprint density at radius 2 is 1.79 bits per heavy atom. The Balaban J connectivity index is 1.81. The smallest absolute Gasteiger partial charge is 0.271 e. The zero-order valence-electron chi connectivity index (χ0n) is 16.7. The van der Waals surface area contributed by atoms with Crippen LogP contribution in [0, 0.1) is 20.8 Å². The maximum Gasteiger partial charge on any atom is 0.271 e. The van der Waals surface area contributed by atoms with Gasteiger partial charge in [-0.2, -0.15) is 4.68 Å². The van der Waals surface area contributed by atoms with E-state index in [1.165, 1.54) is 16.8 Å². The number of carbonyl (C=O) groups excluding carboxylic acids is 1. The minimum Gasteiger partial charge on any atom is -0.463 e. The van der Waals surface area contributed by atoms with E-state index in [9.17, 15) is 9.59 Å². The van der Waals surface area contributed by atoms with E-state index in [2.05, 4.69) is 10.4 Å². The highest BCUT2D eigenvalue weighted by Crippen LogP contribution is 2.19. The van der Waals surface area contributed by atoms with Gasteiger partial charge in [0.25, 0.3) is 11.5 Å². The highest BCUT2D eigenvalue weighted by molar-refractivity contribution is 6.30. The number of ether oxygens (including phenoxy) is 1. The van der Waals surface area contributed by atoms with E-state index in [0.29, 0.717) is 10.7 Å². The molecule has 0 saturated heterocycles. The molecule has 0 fully saturated rings. The topological polar surface area (TPSA) is 73.2 Å². The van der Waals surface area contributed by atoms with E-state index in [4.69, 9.17) is 16.3 Å². The van der Waals surface area contributed by atoms with E-state index in [1.54, 1.807) is 25.1 Å². The van der Waals surface area contributed by atoms with Gasteiger partial charge >= 0.3 is 0 Å². The van der Waals surface area contributed by atoms with Crippen LogP contribution in [0.25, 0.3) is 5.69 Å². The average molecular weight is 412 g/mol. The molecular weight excluding hydrogens is 390 g/mol. The van der Waals surface area contributed by atoms with Crippen LogP contribution in [0.15, 0.2) is 53.3 Å². The number of halogens is 1. The predicted molar refractivity (Wildman–Crippen MR) is 114 cm³/mol. The Kier molecular flexibility index (Phi) is 6.03. The third-order valence-electron chi connectivity index (χ3n) is 4.49. The van der Waals surface area contributed by atoms with Crippen molar-refractivity contribution >= 4 is 23.2 Å². The number of anilines is 1. The predicted octanol–water partition coefficient (Wildman–Crippen LogP) is 4.22. The van der Waals surface area contributed by atoms with Crippen LogP contribution < -0.4 is 15.6 Å². The fraction of sp³-hybridized carbons (Fsp3) is 0.227. The molecule has 0 aliphatic heterocycles. The van der Waals surface area contributed by atoms with Crippen LogP contribution in [-0.2, 0) is 4.79 Å². The maximum atomic E-state index is 12.6. The zero-order chi connectivity index (χ0) is 21.1. The lowest BCUT2D eigenvalue weighted by atomic mass is 10.1. The Hall–Kier alpha value is -3.12. The van der Waals surface area contributed by atoms with Gasteiger partial charge in [0.05, 0.1) is 5.69 Å². The first-order valence-electron chi connectivity index (χ1n) is 9.16. The first-order valence-corrected chi connectivity index (χ1v) is 9.54. The normalized spacial score (nSPS) is 11.8. The molecule has 0 aliphatic rings. The van der Waals surface area contributed by atoms with Gasteiger partial charge in [-0.3, -0.25) is 9.59 Å². The number of benzene rings is 2. The van der Waals surface area contributed by atoms with E-state index < -0.39 is 6.10 Å². The zero-order valence-corrected chi connectivity index (χ0v) is 17.4. The molecule has 1 atom stereocenters. The lowest BCUT2D eigenvalue weighted by molar-refractivity contribution is -0.122. The number of hydrogen-bond acceptors (Lipinski definition) is 4. The minimum absolute atomic E-state index is 0.160. The lowest BCUT2D eigenvalue weighted by Crippen LogP contribution is -2.31. The molecule has 1 heterocycles. The molecular formula is C22H22ClN3O3. The molecule has 3 rings (SSSR count). The third-order valence-corrected chi connectivity index (χ3v) is 4.73. The lowest BCUT2D eigenvalue weighted by Gasteiger charge is -2.16. The van der Waals surface area contributed by atoms with Crippen LogP contribution in [0.4, 0.5) is 5.69 Å². The highest BCUT2D eigenvalue weighted by Gasteiger charge is 2.17. The van der Waals surface area contributed by atoms with Gasteiger partial charge in [-0.15, -0.1) is 5.10 Å². The van der Waals surface area contributed by atoms with Gasteiger partial charge in [0.1, 0.15) is 0 Å². The van der Waals surface area contributed by atoms with Gasteiger partial charge < -0.3 is 10.1 Å². The highest BCUT2D eigenvalue weighted by atomic mass is 35.5. The summed E-state index contributed by atoms with van der Waals surface area (Å²) in [5.41, 5.74) is 3.81. The molecule has 150 valence electrons. The second kappa shape index (κ2) is 8.49. The average Bonchev–Trinajstić information content (AvgIpc) is 2.68. The van der Waals surface area contributed by atoms with E-state index in [0.717, 1.165) is 22.4 Å². The monoisotopic (exact) mass is 411 g/mol. The summed E-state index contributed by atoms with van der Waals surface area (Å²) in [7, 11) is 0. The molecule has 6 nitrogen and oxygen atoms in total. The van der Waals surface area contributed by atoms with Crippen molar-refractivity contribution in [2.45, 2.75) is 33.8 Å². The van der Waals surface area contributed by atoms with Gasteiger partial charge in [-0.1, -0.05) is 29.8 Å². The van der Waals surface area contributed by atoms with Gasteiger partial charge in [-0.25, -0.2) is 0 Å². The first-order chi connectivity index (χ1) is 13.7. The van der Waals surface area contributed by atoms with E-state index in [1.807, 2.05) is 39.0 Å². The van der Waals surface area contributed by atoms with Crippen molar-refractivity contribution in [3.8, 4) is 11.6 Å². The van der Waals surface area contributed by atoms with Crippen LogP contribution in [0.2, 0.25) is 5.02 Å². The number of amides is 1. The summed E-state index contributed by atoms with van der Waals surface area (Å²) in [6.45, 7) is 7.36. The minimum atomic E-state index is -0.811. The van der Waals surface area contributed by atoms with Crippen LogP contribution >= 0.6 is 11.6 Å². The molecule has 1 amide bonds. The third kappa shape index (κ3) is 4.84. The van der Waals surface area contributed by atoms with Crippen molar-refractivity contribution in [2.75, 3.05) is 5.32 Å². The SMILES string of the molecule is Cc1ccc(C)c(NC(=O)[C@@H](C)Oc2ccc(=O)n(-c3cc(Cl)ccc3C)n2)c1. The second-order valence-electron chi connectivity index (χ2n) is 6.92. The number of rotatable bonds is 5. The second-order valence-corrected chi connectivity index (χ2v) is 7.36. The Morgan fingerprint density at radius 3 is 2.55 bits per heavy atom. The number of carbonyl (C=O) groups is 1. The Morgan fingerprint density at radius 1 is 1.07 bits per heavy atom. The molecule has 7 heteroatoms. The molecule has 1 aromatic heterocycles. The van der Waals surface area contributed by atoms with Gasteiger partial charge in [0, 0.05) is 22.8 Å². The van der Waals surface area contributed by atoms with E-state index >= 15 is 0 Å². The van der Waals surface area contributed by atoms with Crippen molar-refractivity contribution in [1.29, 1.82) is 0 Å². The van der Waals surface area contributed by atoms with Crippen molar-refractivity contribution in [3.63, 3.8) is 0 Å². The van der Waals surface area contributed by atoms with Crippen molar-refractivity contribution in [2.24, 2.45) is 0 Å². The summed E-state index contributed by atoms with van der Waals surface area (Å²) in [6, 6.07) is 13.8. The molecule has 0 radical (unpaired) electrons. The maximum absolute atomic E-state index is 12.6. The number of hydrogen-bond donors (Lipinski definition) is 1. The van der Waals surface area contributed by atoms with E-state index in [-0.39, 0.29) is 17.3 Å². The molecule has 2 aromatic carbocycles. The van der Waals surface area contributed by atoms with Gasteiger partial charge in [0.2, 0.25) is 5.88 Å². The number of nitrogens with one attached hydrogen (secondary N) is 1. The number of nitrogens with zero attached hydrogens (tertiary/aromatic N) is 2. The molecule has 29 heavy (non-hydrogen) atoms. The first kappa shape index (κ1) is 20.6. The summed E-state index contributed by atoms with van der Waals surface area (Å²) >= 11 is 6.06. The molecule has 0 bridgehead atoms. The molecule has 1 N–H and O–H groups in total. The summed E-state index contributed by atoms with van der Waals surface area (Å²) in [6.07, 6.45) is -0.811. The quantitative estimate of drug-likeness (QED) is 0.682. The summed E-state index contributed by atoms with van der Waals surface area (Å²) in [4.78, 5) is 24.8.